The highest BCUT2D eigenvalue weighted by Crippen LogP contribution is 2.20. The Labute approximate surface area is 141 Å². The quantitative estimate of drug-likeness (QED) is 0.892. The van der Waals surface area contributed by atoms with Gasteiger partial charge in [0.15, 0.2) is 0 Å². The van der Waals surface area contributed by atoms with Gasteiger partial charge in [0.2, 0.25) is 0 Å². The van der Waals surface area contributed by atoms with Crippen LogP contribution in [0.2, 0.25) is 0 Å². The van der Waals surface area contributed by atoms with Crippen molar-refractivity contribution in [2.75, 3.05) is 5.32 Å². The molecule has 0 atom stereocenters. The third-order valence-electron chi connectivity index (χ3n) is 3.36. The van der Waals surface area contributed by atoms with Crippen LogP contribution in [0.5, 0.6) is 0 Å². The minimum Gasteiger partial charge on any atom is -0.478 e. The Morgan fingerprint density at radius 3 is 2.29 bits per heavy atom. The molecule has 1 aromatic carbocycles. The van der Waals surface area contributed by atoms with Crippen LogP contribution in [0.25, 0.3) is 0 Å². The maximum Gasteiger partial charge on any atom is 0.335 e. The summed E-state index contributed by atoms with van der Waals surface area (Å²) in [6.07, 6.45) is 0.780. The van der Waals surface area contributed by atoms with Crippen molar-refractivity contribution in [2.45, 2.75) is 34.1 Å². The van der Waals surface area contributed by atoms with Crippen LogP contribution in [-0.4, -0.2) is 22.0 Å². The lowest BCUT2D eigenvalue weighted by Gasteiger charge is -2.18. The van der Waals surface area contributed by atoms with Gasteiger partial charge in [-0.3, -0.25) is 4.79 Å². The summed E-state index contributed by atoms with van der Waals surface area (Å²) in [5, 5.41) is 11.6. The highest BCUT2D eigenvalue weighted by atomic mass is 16.4. The van der Waals surface area contributed by atoms with Gasteiger partial charge < -0.3 is 10.4 Å². The van der Waals surface area contributed by atoms with Gasteiger partial charge in [-0.25, -0.2) is 9.78 Å². The maximum absolute atomic E-state index is 12.4. The zero-order chi connectivity index (χ0) is 17.9. The van der Waals surface area contributed by atoms with Crippen molar-refractivity contribution in [1.82, 2.24) is 4.98 Å². The van der Waals surface area contributed by atoms with Crippen molar-refractivity contribution in [3.05, 3.63) is 58.9 Å². The molecule has 0 aliphatic rings. The van der Waals surface area contributed by atoms with Crippen LogP contribution in [0.15, 0.2) is 36.4 Å². The largest absolute Gasteiger partial charge is 0.478 e. The van der Waals surface area contributed by atoms with Gasteiger partial charge in [0.25, 0.3) is 5.91 Å². The molecule has 2 rings (SSSR count). The molecule has 1 amide bonds. The van der Waals surface area contributed by atoms with Crippen LogP contribution < -0.4 is 5.32 Å². The number of benzene rings is 1. The molecule has 0 bridgehead atoms. The van der Waals surface area contributed by atoms with Gasteiger partial charge in [-0.1, -0.05) is 20.8 Å². The molecule has 5 heteroatoms. The molecule has 0 fully saturated rings. The number of nitrogens with zero attached hydrogens (tertiary/aromatic N) is 1. The minimum absolute atomic E-state index is 0.0845. The number of carboxylic acids is 1. The first-order valence-corrected chi connectivity index (χ1v) is 7.76. The minimum atomic E-state index is -1.000. The Morgan fingerprint density at radius 2 is 1.75 bits per heavy atom. The van der Waals surface area contributed by atoms with Gasteiger partial charge in [0, 0.05) is 11.4 Å². The first-order chi connectivity index (χ1) is 11.1. The maximum atomic E-state index is 12.4. The van der Waals surface area contributed by atoms with Crippen LogP contribution in [-0.2, 0) is 6.42 Å². The van der Waals surface area contributed by atoms with Crippen LogP contribution in [0, 0.1) is 12.3 Å². The van der Waals surface area contributed by atoms with E-state index in [1.165, 1.54) is 12.1 Å². The SMILES string of the molecule is Cc1cc(CC(C)(C)C)nc(C(=O)Nc2ccc(C(=O)O)cc2)c1. The molecule has 0 radical (unpaired) electrons. The smallest absolute Gasteiger partial charge is 0.335 e. The molecule has 0 unspecified atom stereocenters. The third kappa shape index (κ3) is 4.91. The average Bonchev–Trinajstić information content (AvgIpc) is 2.45. The van der Waals surface area contributed by atoms with Crippen LogP contribution in [0.1, 0.15) is 52.9 Å². The molecule has 1 heterocycles. The summed E-state index contributed by atoms with van der Waals surface area (Å²) in [7, 11) is 0. The second-order valence-corrected chi connectivity index (χ2v) is 7.10. The standard InChI is InChI=1S/C19H22N2O3/c1-12-9-15(11-19(2,3)4)20-16(10-12)17(22)21-14-7-5-13(6-8-14)18(23)24/h5-10H,11H2,1-4H3,(H,21,22)(H,23,24). The van der Waals surface area contributed by atoms with Gasteiger partial charge >= 0.3 is 5.97 Å². The van der Waals surface area contributed by atoms with E-state index in [-0.39, 0.29) is 16.9 Å². The lowest BCUT2D eigenvalue weighted by molar-refractivity contribution is 0.0696. The second-order valence-electron chi connectivity index (χ2n) is 7.10. The molecule has 1 aromatic heterocycles. The number of carbonyl (C=O) groups excluding carboxylic acids is 1. The fourth-order valence-corrected chi connectivity index (χ4v) is 2.38. The number of rotatable bonds is 4. The first-order valence-electron chi connectivity index (χ1n) is 7.76. The van der Waals surface area contributed by atoms with Crippen molar-refractivity contribution in [1.29, 1.82) is 0 Å². The van der Waals surface area contributed by atoms with E-state index >= 15 is 0 Å². The molecular formula is C19H22N2O3. The number of pyridine rings is 1. The summed E-state index contributed by atoms with van der Waals surface area (Å²) in [5.74, 6) is -1.31. The van der Waals surface area contributed by atoms with E-state index in [9.17, 15) is 9.59 Å². The van der Waals surface area contributed by atoms with Crippen molar-refractivity contribution in [3.8, 4) is 0 Å². The molecule has 0 aliphatic heterocycles. The zero-order valence-electron chi connectivity index (χ0n) is 14.4. The van der Waals surface area contributed by atoms with Crippen LogP contribution >= 0.6 is 0 Å². The fourth-order valence-electron chi connectivity index (χ4n) is 2.38. The number of nitrogens with one attached hydrogen (secondary N) is 1. The van der Waals surface area contributed by atoms with Crippen LogP contribution in [0.3, 0.4) is 0 Å². The highest BCUT2D eigenvalue weighted by Gasteiger charge is 2.15. The average molecular weight is 326 g/mol. The first kappa shape index (κ1) is 17.7. The summed E-state index contributed by atoms with van der Waals surface area (Å²) >= 11 is 0. The van der Waals surface area contributed by atoms with E-state index in [1.807, 2.05) is 13.0 Å². The van der Waals surface area contributed by atoms with Crippen molar-refractivity contribution in [2.24, 2.45) is 5.41 Å². The third-order valence-corrected chi connectivity index (χ3v) is 3.36. The number of aromatic carboxylic acids is 1. The topological polar surface area (TPSA) is 79.3 Å². The Kier molecular flexibility index (Phi) is 5.02. The van der Waals surface area contributed by atoms with E-state index in [4.69, 9.17) is 5.11 Å². The number of carboxylic acid groups (broad SMARTS) is 1. The lowest BCUT2D eigenvalue weighted by Crippen LogP contribution is -2.17. The number of aromatic nitrogens is 1. The number of carbonyl (C=O) groups is 2. The molecule has 0 saturated carbocycles. The molecule has 0 saturated heterocycles. The van der Waals surface area contributed by atoms with Crippen LogP contribution in [0.4, 0.5) is 5.69 Å². The Balaban J connectivity index is 2.18. The molecule has 0 spiro atoms. The van der Waals surface area contributed by atoms with E-state index in [1.54, 1.807) is 18.2 Å². The molecule has 2 aromatic rings. The monoisotopic (exact) mass is 326 g/mol. The molecule has 24 heavy (non-hydrogen) atoms. The van der Waals surface area contributed by atoms with Gasteiger partial charge in [0.1, 0.15) is 5.69 Å². The number of hydrogen-bond acceptors (Lipinski definition) is 3. The zero-order valence-corrected chi connectivity index (χ0v) is 14.4. The van der Waals surface area contributed by atoms with Crippen molar-refractivity contribution >= 4 is 17.6 Å². The number of aryl methyl sites for hydroxylation is 1. The van der Waals surface area contributed by atoms with Gasteiger partial charge in [-0.05, 0) is 60.7 Å². The Morgan fingerprint density at radius 1 is 1.12 bits per heavy atom. The second kappa shape index (κ2) is 6.83. The fraction of sp³-hybridized carbons (Fsp3) is 0.316. The molecule has 126 valence electrons. The van der Waals surface area contributed by atoms with E-state index in [2.05, 4.69) is 31.1 Å². The normalized spacial score (nSPS) is 11.2. The molecule has 5 nitrogen and oxygen atoms in total. The predicted molar refractivity (Wildman–Crippen MR) is 93.5 cm³/mol. The molecule has 0 aliphatic carbocycles. The van der Waals surface area contributed by atoms with Crippen molar-refractivity contribution in [3.63, 3.8) is 0 Å². The summed E-state index contributed by atoms with van der Waals surface area (Å²) in [4.78, 5) is 27.7. The summed E-state index contributed by atoms with van der Waals surface area (Å²) in [6.45, 7) is 8.31. The number of amides is 1. The van der Waals surface area contributed by atoms with E-state index in [0.29, 0.717) is 11.4 Å². The molecular weight excluding hydrogens is 304 g/mol. The van der Waals surface area contributed by atoms with Gasteiger partial charge in [-0.15, -0.1) is 0 Å². The van der Waals surface area contributed by atoms with E-state index < -0.39 is 5.97 Å². The van der Waals surface area contributed by atoms with Gasteiger partial charge in [0.05, 0.1) is 5.56 Å². The van der Waals surface area contributed by atoms with E-state index in [0.717, 1.165) is 17.7 Å². The predicted octanol–water partition coefficient (Wildman–Crippen LogP) is 3.93. The highest BCUT2D eigenvalue weighted by molar-refractivity contribution is 6.03. The summed E-state index contributed by atoms with van der Waals surface area (Å²) < 4.78 is 0. The lowest BCUT2D eigenvalue weighted by atomic mass is 9.90. The number of anilines is 1. The molecule has 2 N–H and O–H groups in total. The van der Waals surface area contributed by atoms with Crippen molar-refractivity contribution < 1.29 is 14.7 Å². The van der Waals surface area contributed by atoms with Gasteiger partial charge in [-0.2, -0.15) is 0 Å². The Hall–Kier alpha value is -2.69. The summed E-state index contributed by atoms with van der Waals surface area (Å²) in [6, 6.07) is 9.76. The number of hydrogen-bond donors (Lipinski definition) is 2. The summed E-state index contributed by atoms with van der Waals surface area (Å²) in [5.41, 5.74) is 3.02. The Bertz CT molecular complexity index is 759.